The second-order valence-corrected chi connectivity index (χ2v) is 7.99. The van der Waals surface area contributed by atoms with Gasteiger partial charge in [-0.25, -0.2) is 4.39 Å². The summed E-state index contributed by atoms with van der Waals surface area (Å²) in [5.74, 6) is -0.0447. The van der Waals surface area contributed by atoms with Gasteiger partial charge in [-0.05, 0) is 48.5 Å². The Morgan fingerprint density at radius 3 is 1.92 bits per heavy atom. The Balaban J connectivity index is 1.52. The second-order valence-electron chi connectivity index (χ2n) is 7.99. The van der Waals surface area contributed by atoms with Gasteiger partial charge in [0.15, 0.2) is 5.78 Å². The molecule has 4 rings (SSSR count). The summed E-state index contributed by atoms with van der Waals surface area (Å²) in [4.78, 5) is 36.6. The van der Waals surface area contributed by atoms with Crippen LogP contribution in [0.5, 0.6) is 23.0 Å². The van der Waals surface area contributed by atoms with Crippen molar-refractivity contribution in [3.8, 4) is 23.0 Å². The van der Waals surface area contributed by atoms with Gasteiger partial charge in [-0.15, -0.1) is 0 Å². The fourth-order valence-corrected chi connectivity index (χ4v) is 3.54. The fraction of sp³-hybridized carbons (Fsp3) is 0.0714. The van der Waals surface area contributed by atoms with Crippen LogP contribution in [0.2, 0.25) is 0 Å². The van der Waals surface area contributed by atoms with Crippen molar-refractivity contribution in [1.29, 1.82) is 0 Å². The van der Waals surface area contributed by atoms with Crippen molar-refractivity contribution in [2.45, 2.75) is 0 Å². The molecule has 0 aliphatic carbocycles. The molecule has 0 heterocycles. The first-order valence-electron chi connectivity index (χ1n) is 11.2. The molecule has 0 atom stereocenters. The molecule has 0 spiro atoms. The van der Waals surface area contributed by atoms with Crippen LogP contribution in [0.3, 0.4) is 0 Å². The van der Waals surface area contributed by atoms with E-state index in [1.165, 1.54) is 80.9 Å². The summed E-state index contributed by atoms with van der Waals surface area (Å²) >= 11 is 0. The molecule has 0 bridgehead atoms. The van der Waals surface area contributed by atoms with Crippen LogP contribution in [0.25, 0.3) is 0 Å². The quantitative estimate of drug-likeness (QED) is 0.164. The van der Waals surface area contributed by atoms with Crippen LogP contribution >= 0.6 is 0 Å². The molecule has 1 N–H and O–H groups in total. The largest absolute Gasteiger partial charge is 0.497 e. The van der Waals surface area contributed by atoms with Crippen LogP contribution in [0, 0.1) is 15.9 Å². The van der Waals surface area contributed by atoms with Crippen molar-refractivity contribution in [2.24, 2.45) is 0 Å². The van der Waals surface area contributed by atoms with E-state index in [1.807, 2.05) is 0 Å². The normalized spacial score (nSPS) is 10.4. The van der Waals surface area contributed by atoms with Crippen molar-refractivity contribution in [3.63, 3.8) is 0 Å². The number of ether oxygens (including phenoxy) is 3. The number of amides is 1. The zero-order chi connectivity index (χ0) is 27.2. The number of carbonyl (C=O) groups is 2. The van der Waals surface area contributed by atoms with Crippen molar-refractivity contribution in [3.05, 3.63) is 118 Å². The number of anilines is 1. The van der Waals surface area contributed by atoms with Gasteiger partial charge in [0.25, 0.3) is 11.6 Å². The molecule has 4 aromatic rings. The molecule has 4 aromatic carbocycles. The third-order valence-electron chi connectivity index (χ3n) is 5.43. The Kier molecular flexibility index (Phi) is 7.62. The van der Waals surface area contributed by atoms with Gasteiger partial charge in [-0.2, -0.15) is 0 Å². The number of rotatable bonds is 9. The molecule has 0 aliphatic rings. The Hall–Kier alpha value is -5.25. The predicted molar refractivity (Wildman–Crippen MR) is 137 cm³/mol. The monoisotopic (exact) mass is 516 g/mol. The Bertz CT molecular complexity index is 1480. The van der Waals surface area contributed by atoms with E-state index in [1.54, 1.807) is 18.2 Å². The molecule has 0 radical (unpaired) electrons. The molecule has 1 amide bonds. The number of halogens is 1. The van der Waals surface area contributed by atoms with Gasteiger partial charge in [0.1, 0.15) is 28.8 Å². The number of carbonyl (C=O) groups excluding carboxylic acids is 2. The van der Waals surface area contributed by atoms with E-state index in [9.17, 15) is 24.1 Å². The smallest absolute Gasteiger partial charge is 0.275 e. The maximum absolute atomic E-state index is 13.2. The predicted octanol–water partition coefficient (Wildman–Crippen LogP) is 6.03. The summed E-state index contributed by atoms with van der Waals surface area (Å²) in [6, 6.07) is 19.6. The number of hydrogen-bond acceptors (Lipinski definition) is 7. The van der Waals surface area contributed by atoms with E-state index in [-0.39, 0.29) is 34.2 Å². The highest BCUT2D eigenvalue weighted by Gasteiger charge is 2.16. The maximum Gasteiger partial charge on any atom is 0.275 e. The number of benzene rings is 4. The Labute approximate surface area is 216 Å². The number of nitrogens with zero attached hydrogens (tertiary/aromatic N) is 1. The fourth-order valence-electron chi connectivity index (χ4n) is 3.54. The highest BCUT2D eigenvalue weighted by Crippen LogP contribution is 2.30. The molecule has 10 heteroatoms. The number of ketones is 1. The minimum atomic E-state index is -0.624. The highest BCUT2D eigenvalue weighted by atomic mass is 19.1. The minimum Gasteiger partial charge on any atom is -0.497 e. The Morgan fingerprint density at radius 1 is 0.737 bits per heavy atom. The second kappa shape index (κ2) is 11.2. The molecule has 0 aliphatic heterocycles. The lowest BCUT2D eigenvalue weighted by molar-refractivity contribution is -0.384. The number of non-ortho nitro benzene ring substituents is 1. The van der Waals surface area contributed by atoms with Crippen LogP contribution < -0.4 is 19.5 Å². The number of nitrogens with one attached hydrogen (secondary N) is 1. The van der Waals surface area contributed by atoms with Crippen LogP contribution in [0.1, 0.15) is 26.3 Å². The van der Waals surface area contributed by atoms with E-state index in [2.05, 4.69) is 5.32 Å². The molecule has 192 valence electrons. The highest BCUT2D eigenvalue weighted by molar-refractivity contribution is 6.10. The van der Waals surface area contributed by atoms with Crippen molar-refractivity contribution in [1.82, 2.24) is 0 Å². The average Bonchev–Trinajstić information content (AvgIpc) is 2.93. The van der Waals surface area contributed by atoms with Gasteiger partial charge < -0.3 is 19.5 Å². The van der Waals surface area contributed by atoms with Crippen LogP contribution in [0.4, 0.5) is 15.8 Å². The minimum absolute atomic E-state index is 0.0794. The van der Waals surface area contributed by atoms with E-state index >= 15 is 0 Å². The number of hydrogen-bond donors (Lipinski definition) is 1. The Morgan fingerprint density at radius 2 is 1.34 bits per heavy atom. The SMILES string of the molecule is COc1cc(OC)cc(C(=O)c2ccc(C(=O)Nc3cc(Oc4ccc(F)cc4)cc([N+](=O)[O-])c3)cc2)c1. The van der Waals surface area contributed by atoms with Gasteiger partial charge >= 0.3 is 0 Å². The number of nitro groups is 1. The van der Waals surface area contributed by atoms with Crippen molar-refractivity contribution >= 4 is 23.1 Å². The first kappa shape index (κ1) is 25.8. The lowest BCUT2D eigenvalue weighted by Gasteiger charge is -2.10. The van der Waals surface area contributed by atoms with Gasteiger partial charge in [-0.1, -0.05) is 12.1 Å². The zero-order valence-corrected chi connectivity index (χ0v) is 20.3. The van der Waals surface area contributed by atoms with Crippen molar-refractivity contribution in [2.75, 3.05) is 19.5 Å². The third kappa shape index (κ3) is 6.11. The summed E-state index contributed by atoms with van der Waals surface area (Å²) in [5, 5.41) is 14.0. The zero-order valence-electron chi connectivity index (χ0n) is 20.3. The molecule has 0 fully saturated rings. The lowest BCUT2D eigenvalue weighted by Crippen LogP contribution is -2.12. The van der Waals surface area contributed by atoms with Gasteiger partial charge in [-0.3, -0.25) is 19.7 Å². The van der Waals surface area contributed by atoms with E-state index in [4.69, 9.17) is 14.2 Å². The molecule has 0 unspecified atom stereocenters. The number of nitro benzene ring substituents is 1. The van der Waals surface area contributed by atoms with Crippen LogP contribution in [-0.2, 0) is 0 Å². The summed E-state index contributed by atoms with van der Waals surface area (Å²) in [5.41, 5.74) is 0.711. The maximum atomic E-state index is 13.2. The van der Waals surface area contributed by atoms with Crippen LogP contribution in [0.15, 0.2) is 84.9 Å². The molecule has 0 saturated carbocycles. The lowest BCUT2D eigenvalue weighted by atomic mass is 10.0. The van der Waals surface area contributed by atoms with E-state index in [0.717, 1.165) is 0 Å². The third-order valence-corrected chi connectivity index (χ3v) is 5.43. The van der Waals surface area contributed by atoms with Gasteiger partial charge in [0.05, 0.1) is 30.9 Å². The van der Waals surface area contributed by atoms with Gasteiger partial charge in [0.2, 0.25) is 0 Å². The average molecular weight is 516 g/mol. The number of methoxy groups -OCH3 is 2. The van der Waals surface area contributed by atoms with Gasteiger partial charge in [0, 0.05) is 34.9 Å². The van der Waals surface area contributed by atoms with Crippen molar-refractivity contribution < 1.29 is 33.1 Å². The van der Waals surface area contributed by atoms with E-state index < -0.39 is 16.6 Å². The van der Waals surface area contributed by atoms with Crippen LogP contribution in [-0.4, -0.2) is 30.8 Å². The standard InChI is InChI=1S/C28H21FN2O7/c1-36-24-11-19(12-25(16-24)37-2)27(32)17-3-5-18(6-4-17)28(33)30-21-13-22(31(34)35)15-26(14-21)38-23-9-7-20(29)8-10-23/h3-16H,1-2H3,(H,30,33). The summed E-state index contributed by atoms with van der Waals surface area (Å²) < 4.78 is 29.2. The molecule has 0 saturated heterocycles. The summed E-state index contributed by atoms with van der Waals surface area (Å²) in [6.07, 6.45) is 0. The molecule has 38 heavy (non-hydrogen) atoms. The summed E-state index contributed by atoms with van der Waals surface area (Å²) in [6.45, 7) is 0. The first-order chi connectivity index (χ1) is 18.2. The molecular formula is C28H21FN2O7. The topological polar surface area (TPSA) is 117 Å². The van der Waals surface area contributed by atoms with E-state index in [0.29, 0.717) is 22.6 Å². The molecule has 9 nitrogen and oxygen atoms in total. The molecule has 0 aromatic heterocycles. The molecular weight excluding hydrogens is 495 g/mol. The summed E-state index contributed by atoms with van der Waals surface area (Å²) in [7, 11) is 2.96. The first-order valence-corrected chi connectivity index (χ1v) is 11.2.